The zero-order valence-electron chi connectivity index (χ0n) is 8.49. The number of nitrogens with one attached hydrogen (secondary N) is 2. The van der Waals surface area contributed by atoms with E-state index in [1.807, 2.05) is 0 Å². The van der Waals surface area contributed by atoms with Gasteiger partial charge >= 0.3 is 0 Å². The van der Waals surface area contributed by atoms with Crippen molar-refractivity contribution in [2.24, 2.45) is 0 Å². The third-order valence-electron chi connectivity index (χ3n) is 2.09. The molecule has 0 aromatic heterocycles. The van der Waals surface area contributed by atoms with Crippen LogP contribution in [0.25, 0.3) is 0 Å². The van der Waals surface area contributed by atoms with E-state index in [9.17, 15) is 9.59 Å². The molecule has 1 atom stereocenters. The lowest BCUT2D eigenvalue weighted by molar-refractivity contribution is -0.125. The molecule has 0 aromatic rings. The molecule has 0 radical (unpaired) electrons. The summed E-state index contributed by atoms with van der Waals surface area (Å²) in [5, 5.41) is 13.6. The van der Waals surface area contributed by atoms with Crippen molar-refractivity contribution < 1.29 is 19.4 Å². The lowest BCUT2D eigenvalue weighted by Gasteiger charge is -2.10. The second kappa shape index (κ2) is 6.36. The lowest BCUT2D eigenvalue weighted by Crippen LogP contribution is -2.42. The van der Waals surface area contributed by atoms with E-state index >= 15 is 0 Å². The number of amides is 2. The molecule has 15 heavy (non-hydrogen) atoms. The molecule has 0 aromatic carbocycles. The van der Waals surface area contributed by atoms with Gasteiger partial charge in [-0.25, -0.2) is 0 Å². The van der Waals surface area contributed by atoms with Crippen molar-refractivity contribution in [1.29, 1.82) is 0 Å². The smallest absolute Gasteiger partial charge is 0.242 e. The number of rotatable bonds is 6. The standard InChI is InChI=1S/C9H16N2O4/c12-4-6-15-5-3-10-9(14)7-1-2-8(13)11-7/h7,12H,1-6H2,(H,10,14)(H,11,13). The molecule has 2 amide bonds. The maximum absolute atomic E-state index is 11.4. The summed E-state index contributed by atoms with van der Waals surface area (Å²) in [6.07, 6.45) is 0.973. The Hall–Kier alpha value is -1.14. The maximum Gasteiger partial charge on any atom is 0.242 e. The molecule has 1 heterocycles. The van der Waals surface area contributed by atoms with Gasteiger partial charge < -0.3 is 20.5 Å². The quantitative estimate of drug-likeness (QED) is 0.466. The summed E-state index contributed by atoms with van der Waals surface area (Å²) in [4.78, 5) is 22.2. The number of hydrogen-bond donors (Lipinski definition) is 3. The highest BCUT2D eigenvalue weighted by molar-refractivity contribution is 5.90. The molecule has 1 fully saturated rings. The third kappa shape index (κ3) is 4.26. The molecule has 1 unspecified atom stereocenters. The first-order chi connectivity index (χ1) is 7.24. The van der Waals surface area contributed by atoms with Crippen molar-refractivity contribution in [3.8, 4) is 0 Å². The van der Waals surface area contributed by atoms with Crippen molar-refractivity contribution >= 4 is 11.8 Å². The van der Waals surface area contributed by atoms with Crippen LogP contribution in [-0.4, -0.2) is 49.3 Å². The predicted octanol–water partition coefficient (Wildman–Crippen LogP) is -1.61. The predicted molar refractivity (Wildman–Crippen MR) is 52.1 cm³/mol. The second-order valence-corrected chi connectivity index (χ2v) is 3.29. The van der Waals surface area contributed by atoms with Crippen LogP contribution >= 0.6 is 0 Å². The molecule has 3 N–H and O–H groups in total. The SMILES string of the molecule is O=C1CCC(C(=O)NCCOCCO)N1. The van der Waals surface area contributed by atoms with E-state index in [1.165, 1.54) is 0 Å². The molecular formula is C9H16N2O4. The minimum Gasteiger partial charge on any atom is -0.394 e. The number of hydrogen-bond acceptors (Lipinski definition) is 4. The Labute approximate surface area is 88.0 Å². The number of carbonyl (C=O) groups excluding carboxylic acids is 2. The third-order valence-corrected chi connectivity index (χ3v) is 2.09. The van der Waals surface area contributed by atoms with Crippen molar-refractivity contribution in [3.05, 3.63) is 0 Å². The van der Waals surface area contributed by atoms with Crippen LogP contribution in [-0.2, 0) is 14.3 Å². The van der Waals surface area contributed by atoms with E-state index in [4.69, 9.17) is 9.84 Å². The number of aliphatic hydroxyl groups excluding tert-OH is 1. The van der Waals surface area contributed by atoms with E-state index in [2.05, 4.69) is 10.6 Å². The summed E-state index contributed by atoms with van der Waals surface area (Å²) in [6, 6.07) is -0.393. The van der Waals surface area contributed by atoms with Gasteiger partial charge in [0.25, 0.3) is 0 Å². The molecule has 6 nitrogen and oxygen atoms in total. The fourth-order valence-electron chi connectivity index (χ4n) is 1.35. The van der Waals surface area contributed by atoms with Gasteiger partial charge in [-0.1, -0.05) is 0 Å². The van der Waals surface area contributed by atoms with Gasteiger partial charge in [0.05, 0.1) is 19.8 Å². The fourth-order valence-corrected chi connectivity index (χ4v) is 1.35. The van der Waals surface area contributed by atoms with Gasteiger partial charge in [0.15, 0.2) is 0 Å². The van der Waals surface area contributed by atoms with Crippen LogP contribution in [0.2, 0.25) is 0 Å². The number of ether oxygens (including phenoxy) is 1. The highest BCUT2D eigenvalue weighted by Crippen LogP contribution is 2.05. The molecule has 0 aliphatic carbocycles. The molecular weight excluding hydrogens is 200 g/mol. The molecule has 0 saturated carbocycles. The second-order valence-electron chi connectivity index (χ2n) is 3.29. The summed E-state index contributed by atoms with van der Waals surface area (Å²) in [6.45, 7) is 1.01. The Bertz CT molecular complexity index is 232. The first-order valence-electron chi connectivity index (χ1n) is 4.99. The molecule has 6 heteroatoms. The van der Waals surface area contributed by atoms with Crippen molar-refractivity contribution in [3.63, 3.8) is 0 Å². The largest absolute Gasteiger partial charge is 0.394 e. The van der Waals surface area contributed by atoms with Crippen LogP contribution in [0, 0.1) is 0 Å². The summed E-state index contributed by atoms with van der Waals surface area (Å²) in [5.41, 5.74) is 0. The van der Waals surface area contributed by atoms with Crippen molar-refractivity contribution in [2.45, 2.75) is 18.9 Å². The minimum absolute atomic E-state index is 0.0212. The Balaban J connectivity index is 2.06. The molecule has 86 valence electrons. The Morgan fingerprint density at radius 2 is 2.40 bits per heavy atom. The van der Waals surface area contributed by atoms with E-state index in [0.717, 1.165) is 0 Å². The van der Waals surface area contributed by atoms with Crippen LogP contribution in [0.4, 0.5) is 0 Å². The Kier molecular flexibility index (Phi) is 5.06. The number of carbonyl (C=O) groups is 2. The summed E-state index contributed by atoms with van der Waals surface area (Å²) in [7, 11) is 0. The Morgan fingerprint density at radius 3 is 3.00 bits per heavy atom. The molecule has 1 aliphatic rings. The van der Waals surface area contributed by atoms with Gasteiger partial charge in [0.2, 0.25) is 11.8 Å². The highest BCUT2D eigenvalue weighted by atomic mass is 16.5. The van der Waals surface area contributed by atoms with Crippen molar-refractivity contribution in [2.75, 3.05) is 26.4 Å². The van der Waals surface area contributed by atoms with Crippen molar-refractivity contribution in [1.82, 2.24) is 10.6 Å². The van der Waals surface area contributed by atoms with Crippen LogP contribution < -0.4 is 10.6 Å². The zero-order valence-corrected chi connectivity index (χ0v) is 8.49. The summed E-state index contributed by atoms with van der Waals surface area (Å²) in [5.74, 6) is -0.250. The van der Waals surface area contributed by atoms with E-state index in [-0.39, 0.29) is 25.0 Å². The Morgan fingerprint density at radius 1 is 1.60 bits per heavy atom. The normalized spacial score (nSPS) is 20.1. The highest BCUT2D eigenvalue weighted by Gasteiger charge is 2.26. The van der Waals surface area contributed by atoms with E-state index in [1.54, 1.807) is 0 Å². The lowest BCUT2D eigenvalue weighted by atomic mass is 10.2. The van der Waals surface area contributed by atoms with Gasteiger partial charge in [-0.05, 0) is 6.42 Å². The minimum atomic E-state index is -0.393. The average molecular weight is 216 g/mol. The van der Waals surface area contributed by atoms with E-state index in [0.29, 0.717) is 26.0 Å². The zero-order chi connectivity index (χ0) is 11.1. The summed E-state index contributed by atoms with van der Waals surface area (Å²) < 4.78 is 4.96. The van der Waals surface area contributed by atoms with Gasteiger partial charge in [0, 0.05) is 13.0 Å². The summed E-state index contributed by atoms with van der Waals surface area (Å²) >= 11 is 0. The molecule has 0 bridgehead atoms. The van der Waals surface area contributed by atoms with Gasteiger partial charge in [0.1, 0.15) is 6.04 Å². The maximum atomic E-state index is 11.4. The molecule has 1 aliphatic heterocycles. The van der Waals surface area contributed by atoms with Crippen LogP contribution in [0.1, 0.15) is 12.8 Å². The average Bonchev–Trinajstić information content (AvgIpc) is 2.64. The molecule has 1 rings (SSSR count). The van der Waals surface area contributed by atoms with Gasteiger partial charge in [-0.2, -0.15) is 0 Å². The van der Waals surface area contributed by atoms with Crippen LogP contribution in [0.3, 0.4) is 0 Å². The fraction of sp³-hybridized carbons (Fsp3) is 0.778. The van der Waals surface area contributed by atoms with Gasteiger partial charge in [-0.15, -0.1) is 0 Å². The molecule has 0 spiro atoms. The first-order valence-corrected chi connectivity index (χ1v) is 4.99. The van der Waals surface area contributed by atoms with Crippen LogP contribution in [0.5, 0.6) is 0 Å². The van der Waals surface area contributed by atoms with Gasteiger partial charge in [-0.3, -0.25) is 9.59 Å². The molecule has 1 saturated heterocycles. The van der Waals surface area contributed by atoms with E-state index < -0.39 is 6.04 Å². The monoisotopic (exact) mass is 216 g/mol. The topological polar surface area (TPSA) is 87.7 Å². The van der Waals surface area contributed by atoms with Crippen LogP contribution in [0.15, 0.2) is 0 Å². The number of aliphatic hydroxyl groups is 1. The first kappa shape index (κ1) is 11.9.